The molecular formula is C13H16BrNO5. The summed E-state index contributed by atoms with van der Waals surface area (Å²) in [5.41, 5.74) is 6.90. The van der Waals surface area contributed by atoms with Crippen molar-refractivity contribution < 1.29 is 24.2 Å². The predicted octanol–water partition coefficient (Wildman–Crippen LogP) is 2.14. The largest absolute Gasteiger partial charge is 0.492 e. The number of ether oxygens (including phenoxy) is 2. The van der Waals surface area contributed by atoms with E-state index in [0.717, 1.165) is 0 Å². The quantitative estimate of drug-likeness (QED) is 0.734. The highest BCUT2D eigenvalue weighted by molar-refractivity contribution is 9.10. The summed E-state index contributed by atoms with van der Waals surface area (Å²) in [5.74, 6) is -0.303. The summed E-state index contributed by atoms with van der Waals surface area (Å²) >= 11 is 3.27. The van der Waals surface area contributed by atoms with Crippen molar-refractivity contribution in [2.45, 2.75) is 18.9 Å². The van der Waals surface area contributed by atoms with Gasteiger partial charge >= 0.3 is 5.97 Å². The number of carbonyl (C=O) groups is 2. The second kappa shape index (κ2) is 7.25. The molecule has 0 bridgehead atoms. The van der Waals surface area contributed by atoms with E-state index in [1.165, 1.54) is 14.2 Å². The minimum Gasteiger partial charge on any atom is -0.492 e. The first-order chi connectivity index (χ1) is 9.46. The van der Waals surface area contributed by atoms with Gasteiger partial charge in [-0.3, -0.25) is 9.59 Å². The van der Waals surface area contributed by atoms with Crippen molar-refractivity contribution >= 4 is 28.2 Å². The van der Waals surface area contributed by atoms with Gasteiger partial charge in [0, 0.05) is 22.5 Å². The molecule has 0 aliphatic heterocycles. The topological polar surface area (TPSA) is 98.9 Å². The zero-order chi connectivity index (χ0) is 15.3. The molecule has 0 saturated carbocycles. The molecule has 0 heterocycles. The summed E-state index contributed by atoms with van der Waals surface area (Å²) in [5, 5.41) is 8.71. The average molecular weight is 346 g/mol. The molecule has 0 radical (unpaired) electrons. The van der Waals surface area contributed by atoms with E-state index in [-0.39, 0.29) is 18.6 Å². The predicted molar refractivity (Wildman–Crippen MR) is 76.4 cm³/mol. The number of aldehydes is 1. The van der Waals surface area contributed by atoms with Gasteiger partial charge in [-0.1, -0.05) is 0 Å². The summed E-state index contributed by atoms with van der Waals surface area (Å²) in [6, 6.07) is 1.12. The first-order valence-corrected chi connectivity index (χ1v) is 6.62. The van der Waals surface area contributed by atoms with Gasteiger partial charge in [-0.15, -0.1) is 0 Å². The Morgan fingerprint density at radius 3 is 2.50 bits per heavy atom. The van der Waals surface area contributed by atoms with Crippen LogP contribution in [0.3, 0.4) is 0 Å². The molecular weight excluding hydrogens is 330 g/mol. The normalized spacial score (nSPS) is 11.8. The molecule has 0 fully saturated rings. The van der Waals surface area contributed by atoms with Crippen LogP contribution >= 0.6 is 15.9 Å². The number of nitrogens with two attached hydrogens (primary N) is 1. The van der Waals surface area contributed by atoms with Crippen LogP contribution in [0.25, 0.3) is 0 Å². The number of carboxylic acids is 1. The van der Waals surface area contributed by atoms with E-state index in [4.69, 9.17) is 20.3 Å². The van der Waals surface area contributed by atoms with Gasteiger partial charge in [0.15, 0.2) is 17.8 Å². The number of benzene rings is 1. The summed E-state index contributed by atoms with van der Waals surface area (Å²) < 4.78 is 11.0. The molecule has 20 heavy (non-hydrogen) atoms. The molecule has 1 atom stereocenters. The lowest BCUT2D eigenvalue weighted by Crippen LogP contribution is -2.14. The highest BCUT2D eigenvalue weighted by Gasteiger charge is 2.22. The van der Waals surface area contributed by atoms with Crippen LogP contribution in [0.5, 0.6) is 11.5 Å². The minimum atomic E-state index is -0.921. The molecule has 3 N–H and O–H groups in total. The second-order valence-corrected chi connectivity index (χ2v) is 4.94. The number of hydrogen-bond acceptors (Lipinski definition) is 5. The number of hydrogen-bond donors (Lipinski definition) is 2. The molecule has 1 aromatic rings. The second-order valence-electron chi connectivity index (χ2n) is 4.08. The molecule has 7 heteroatoms. The van der Waals surface area contributed by atoms with Gasteiger partial charge in [-0.05, 0) is 28.4 Å². The Kier molecular flexibility index (Phi) is 5.97. The molecule has 6 nitrogen and oxygen atoms in total. The summed E-state index contributed by atoms with van der Waals surface area (Å²) in [7, 11) is 2.86. The lowest BCUT2D eigenvalue weighted by atomic mass is 9.99. The van der Waals surface area contributed by atoms with Crippen molar-refractivity contribution in [1.82, 2.24) is 0 Å². The van der Waals surface area contributed by atoms with Crippen LogP contribution < -0.4 is 15.2 Å². The van der Waals surface area contributed by atoms with Crippen molar-refractivity contribution in [3.63, 3.8) is 0 Å². The summed E-state index contributed by atoms with van der Waals surface area (Å²) in [4.78, 5) is 21.7. The van der Waals surface area contributed by atoms with E-state index in [9.17, 15) is 9.59 Å². The van der Waals surface area contributed by atoms with E-state index in [1.807, 2.05) is 0 Å². The van der Waals surface area contributed by atoms with Crippen LogP contribution in [0.2, 0.25) is 0 Å². The molecule has 0 spiro atoms. The van der Waals surface area contributed by atoms with Crippen molar-refractivity contribution in [3.8, 4) is 11.5 Å². The monoisotopic (exact) mass is 345 g/mol. The average Bonchev–Trinajstić information content (AvgIpc) is 2.43. The maximum atomic E-state index is 11.1. The molecule has 1 rings (SSSR count). The van der Waals surface area contributed by atoms with Crippen LogP contribution in [0.1, 0.15) is 34.8 Å². The smallest absolute Gasteiger partial charge is 0.303 e. The van der Waals surface area contributed by atoms with Crippen LogP contribution in [0.4, 0.5) is 0 Å². The maximum absolute atomic E-state index is 11.1. The highest BCUT2D eigenvalue weighted by Crippen LogP contribution is 2.41. The Balaban J connectivity index is 3.28. The van der Waals surface area contributed by atoms with Gasteiger partial charge in [0.05, 0.1) is 19.8 Å². The first-order valence-electron chi connectivity index (χ1n) is 5.83. The van der Waals surface area contributed by atoms with E-state index in [1.54, 1.807) is 6.07 Å². The minimum absolute atomic E-state index is 0.0559. The number of methoxy groups -OCH3 is 2. The lowest BCUT2D eigenvalue weighted by Gasteiger charge is -2.19. The van der Waals surface area contributed by atoms with Crippen molar-refractivity contribution in [2.24, 2.45) is 5.73 Å². The van der Waals surface area contributed by atoms with Crippen molar-refractivity contribution in [1.29, 1.82) is 0 Å². The first kappa shape index (κ1) is 16.5. The number of aliphatic carboxylic acids is 1. The third-order valence-corrected chi connectivity index (χ3v) is 3.50. The molecule has 0 aliphatic carbocycles. The number of carbonyl (C=O) groups excluding carboxylic acids is 1. The fraction of sp³-hybridized carbons (Fsp3) is 0.385. The lowest BCUT2D eigenvalue weighted by molar-refractivity contribution is -0.137. The molecule has 0 aliphatic rings. The zero-order valence-electron chi connectivity index (χ0n) is 11.2. The highest BCUT2D eigenvalue weighted by atomic mass is 79.9. The van der Waals surface area contributed by atoms with Crippen LogP contribution in [-0.4, -0.2) is 31.6 Å². The van der Waals surface area contributed by atoms with Crippen LogP contribution in [0.15, 0.2) is 10.5 Å². The number of rotatable bonds is 7. The molecule has 1 aromatic carbocycles. The van der Waals surface area contributed by atoms with Crippen molar-refractivity contribution in [2.75, 3.05) is 14.2 Å². The van der Waals surface area contributed by atoms with E-state index in [0.29, 0.717) is 27.6 Å². The Labute approximate surface area is 125 Å². The molecule has 1 unspecified atom stereocenters. The zero-order valence-corrected chi connectivity index (χ0v) is 12.8. The molecule has 110 valence electrons. The number of carboxylic acid groups (broad SMARTS) is 1. The van der Waals surface area contributed by atoms with Crippen LogP contribution in [-0.2, 0) is 4.79 Å². The third kappa shape index (κ3) is 3.49. The van der Waals surface area contributed by atoms with Crippen LogP contribution in [0, 0.1) is 0 Å². The Morgan fingerprint density at radius 2 is 2.05 bits per heavy atom. The Morgan fingerprint density at radius 1 is 1.45 bits per heavy atom. The standard InChI is InChI=1S/C13H16BrNO5/c1-19-12-7(10(15)3-4-11(17)18)5-9(14)8(6-16)13(12)20-2/h5-6,10H,3-4,15H2,1-2H3,(H,17,18). The summed E-state index contributed by atoms with van der Waals surface area (Å²) in [6.45, 7) is 0. The van der Waals surface area contributed by atoms with Gasteiger partial charge in [-0.2, -0.15) is 0 Å². The van der Waals surface area contributed by atoms with Gasteiger partial charge in [0.1, 0.15) is 0 Å². The van der Waals surface area contributed by atoms with E-state index in [2.05, 4.69) is 15.9 Å². The Hall–Kier alpha value is -1.60. The van der Waals surface area contributed by atoms with Crippen molar-refractivity contribution in [3.05, 3.63) is 21.7 Å². The SMILES string of the molecule is COc1c(C(N)CCC(=O)O)cc(Br)c(C=O)c1OC. The summed E-state index contributed by atoms with van der Waals surface area (Å²) in [6.07, 6.45) is 0.847. The molecule has 0 aromatic heterocycles. The van der Waals surface area contributed by atoms with E-state index < -0.39 is 12.0 Å². The van der Waals surface area contributed by atoms with Gasteiger partial charge in [-0.25, -0.2) is 0 Å². The maximum Gasteiger partial charge on any atom is 0.303 e. The Bertz CT molecular complexity index is 518. The van der Waals surface area contributed by atoms with Gasteiger partial charge < -0.3 is 20.3 Å². The van der Waals surface area contributed by atoms with E-state index >= 15 is 0 Å². The molecule has 0 saturated heterocycles. The fourth-order valence-corrected chi connectivity index (χ4v) is 2.39. The number of halogens is 1. The molecule has 0 amide bonds. The fourth-order valence-electron chi connectivity index (χ4n) is 1.87. The van der Waals surface area contributed by atoms with Gasteiger partial charge in [0.25, 0.3) is 0 Å². The third-order valence-electron chi connectivity index (χ3n) is 2.85. The van der Waals surface area contributed by atoms with Gasteiger partial charge in [0.2, 0.25) is 0 Å².